The van der Waals surface area contributed by atoms with E-state index in [0.717, 1.165) is 23.5 Å². The minimum Gasteiger partial charge on any atom is -0.494 e. The van der Waals surface area contributed by atoms with Gasteiger partial charge in [0, 0.05) is 63.3 Å². The Morgan fingerprint density at radius 1 is 1.06 bits per heavy atom. The molecule has 3 heterocycles. The van der Waals surface area contributed by atoms with Gasteiger partial charge in [-0.05, 0) is 56.9 Å². The van der Waals surface area contributed by atoms with E-state index in [-0.39, 0.29) is 29.4 Å². The Morgan fingerprint density at radius 3 is 2.55 bits per heavy atom. The van der Waals surface area contributed by atoms with Crippen LogP contribution in [0.4, 0.5) is 28.7 Å². The molecule has 1 aliphatic rings. The predicted octanol–water partition coefficient (Wildman–Crippen LogP) is 4.94. The highest BCUT2D eigenvalue weighted by atomic mass is 16.5. The summed E-state index contributed by atoms with van der Waals surface area (Å²) in [5, 5.41) is 6.19. The fourth-order valence-electron chi connectivity index (χ4n) is 5.60. The number of anilines is 5. The lowest BCUT2D eigenvalue weighted by Gasteiger charge is -2.26. The number of pyridine rings is 1. The van der Waals surface area contributed by atoms with Gasteiger partial charge in [-0.3, -0.25) is 9.78 Å². The summed E-state index contributed by atoms with van der Waals surface area (Å²) in [5.41, 5.74) is 4.69. The van der Waals surface area contributed by atoms with Gasteiger partial charge in [0.2, 0.25) is 11.9 Å². The molecule has 244 valence electrons. The van der Waals surface area contributed by atoms with Crippen molar-refractivity contribution in [3.05, 3.63) is 96.6 Å². The van der Waals surface area contributed by atoms with Crippen LogP contribution in [0.1, 0.15) is 34.5 Å². The molecule has 2 N–H and O–H groups in total. The van der Waals surface area contributed by atoms with Gasteiger partial charge in [-0.2, -0.15) is 0 Å². The number of fused-ring (bicyclic) bond motifs is 1. The number of methoxy groups -OCH3 is 1. The molecule has 47 heavy (non-hydrogen) atoms. The molecule has 12 heteroatoms. The molecular weight excluding hydrogens is 596 g/mol. The third kappa shape index (κ3) is 7.17. The summed E-state index contributed by atoms with van der Waals surface area (Å²) in [6.45, 7) is 7.21. The first-order valence-corrected chi connectivity index (χ1v) is 15.2. The van der Waals surface area contributed by atoms with Crippen LogP contribution in [0.15, 0.2) is 79.8 Å². The van der Waals surface area contributed by atoms with Crippen molar-refractivity contribution in [1.82, 2.24) is 19.9 Å². The van der Waals surface area contributed by atoms with E-state index in [4.69, 9.17) is 14.5 Å². The van der Waals surface area contributed by atoms with Crippen LogP contribution < -0.4 is 29.9 Å². The third-order valence-corrected chi connectivity index (χ3v) is 8.22. The molecule has 0 radical (unpaired) electrons. The van der Waals surface area contributed by atoms with Gasteiger partial charge in [0.25, 0.3) is 0 Å². The van der Waals surface area contributed by atoms with E-state index in [1.807, 2.05) is 51.3 Å². The quantitative estimate of drug-likeness (QED) is 0.162. The van der Waals surface area contributed by atoms with Crippen LogP contribution in [0, 0.1) is 0 Å². The molecule has 2 aromatic heterocycles. The van der Waals surface area contributed by atoms with Gasteiger partial charge in [-0.25, -0.2) is 14.8 Å². The van der Waals surface area contributed by atoms with E-state index in [1.165, 1.54) is 18.5 Å². The second-order valence-corrected chi connectivity index (χ2v) is 11.6. The molecule has 0 bridgehead atoms. The molecule has 1 aliphatic heterocycles. The zero-order chi connectivity index (χ0) is 33.7. The third-order valence-electron chi connectivity index (χ3n) is 8.22. The maximum Gasteiger partial charge on any atom is 0.347 e. The van der Waals surface area contributed by atoms with Crippen LogP contribution in [-0.2, 0) is 4.79 Å². The molecule has 1 amide bonds. The van der Waals surface area contributed by atoms with Crippen molar-refractivity contribution < 1.29 is 19.1 Å². The Bertz CT molecular complexity index is 1760. The van der Waals surface area contributed by atoms with E-state index < -0.39 is 5.97 Å². The fourth-order valence-corrected chi connectivity index (χ4v) is 5.60. The standard InChI is InChI=1S/C35H40N8O4/c1-8-31(44)38-26-18-27(30(46-7)19-29(26)42(5)17-16-41(3)4)39-35-37-21-25(34(45)47-23-12-11-15-36-20-23)33(40-35)32-22(2)43(6)28-14-10-9-13-24(28)32/h8-15,18-22,32H,1,16-17H2,2-7H3,(H,38,44)(H,37,39,40). The molecule has 4 aromatic rings. The number of aromatic nitrogens is 3. The van der Waals surface area contributed by atoms with Crippen molar-refractivity contribution in [2.75, 3.05) is 68.8 Å². The van der Waals surface area contributed by atoms with Crippen molar-refractivity contribution in [3.63, 3.8) is 0 Å². The molecule has 5 rings (SSSR count). The minimum absolute atomic E-state index is 0.0210. The van der Waals surface area contributed by atoms with Crippen LogP contribution in [-0.4, -0.2) is 86.2 Å². The summed E-state index contributed by atoms with van der Waals surface area (Å²) in [4.78, 5) is 45.9. The Labute approximate surface area is 275 Å². The Morgan fingerprint density at radius 2 is 1.85 bits per heavy atom. The second-order valence-electron chi connectivity index (χ2n) is 11.6. The van der Waals surface area contributed by atoms with Gasteiger partial charge < -0.3 is 34.8 Å². The van der Waals surface area contributed by atoms with Crippen molar-refractivity contribution in [1.29, 1.82) is 0 Å². The summed E-state index contributed by atoms with van der Waals surface area (Å²) >= 11 is 0. The van der Waals surface area contributed by atoms with Gasteiger partial charge in [0.15, 0.2) is 0 Å². The number of rotatable bonds is 12. The number of nitrogens with zero attached hydrogens (tertiary/aromatic N) is 6. The number of hydrogen-bond donors (Lipinski definition) is 2. The number of hydrogen-bond acceptors (Lipinski definition) is 11. The number of esters is 1. The summed E-state index contributed by atoms with van der Waals surface area (Å²) < 4.78 is 11.5. The average Bonchev–Trinajstić information content (AvgIpc) is 3.32. The van der Waals surface area contributed by atoms with E-state index in [0.29, 0.717) is 35.1 Å². The van der Waals surface area contributed by atoms with Gasteiger partial charge >= 0.3 is 5.97 Å². The predicted molar refractivity (Wildman–Crippen MR) is 184 cm³/mol. The molecule has 0 spiro atoms. The normalized spacial score (nSPS) is 15.2. The molecule has 0 fully saturated rings. The molecule has 0 saturated heterocycles. The van der Waals surface area contributed by atoms with Gasteiger partial charge in [0.05, 0.1) is 36.1 Å². The number of nitrogens with one attached hydrogen (secondary N) is 2. The Balaban J connectivity index is 1.58. The highest BCUT2D eigenvalue weighted by Gasteiger charge is 2.38. The molecule has 0 aliphatic carbocycles. The molecule has 12 nitrogen and oxygen atoms in total. The molecule has 0 saturated carbocycles. The topological polar surface area (TPSA) is 125 Å². The lowest BCUT2D eigenvalue weighted by molar-refractivity contribution is -0.111. The highest BCUT2D eigenvalue weighted by Crippen LogP contribution is 2.44. The number of likely N-dealkylation sites (N-methyl/N-ethyl adjacent to an activating group) is 3. The van der Waals surface area contributed by atoms with E-state index in [1.54, 1.807) is 31.5 Å². The van der Waals surface area contributed by atoms with Crippen molar-refractivity contribution in [2.24, 2.45) is 0 Å². The molecular formula is C35H40N8O4. The lowest BCUT2D eigenvalue weighted by atomic mass is 9.90. The fraction of sp³-hybridized carbons (Fsp3) is 0.286. The van der Waals surface area contributed by atoms with Crippen molar-refractivity contribution in [2.45, 2.75) is 18.9 Å². The first-order valence-electron chi connectivity index (χ1n) is 15.2. The Kier molecular flexibility index (Phi) is 10.0. The van der Waals surface area contributed by atoms with Crippen LogP contribution in [0.3, 0.4) is 0 Å². The van der Waals surface area contributed by atoms with Gasteiger partial charge in [0.1, 0.15) is 17.1 Å². The van der Waals surface area contributed by atoms with E-state index >= 15 is 0 Å². The minimum atomic E-state index is -0.587. The zero-order valence-corrected chi connectivity index (χ0v) is 27.5. The average molecular weight is 637 g/mol. The van der Waals surface area contributed by atoms with Crippen molar-refractivity contribution >= 4 is 40.6 Å². The highest BCUT2D eigenvalue weighted by molar-refractivity contribution is 6.02. The first-order chi connectivity index (χ1) is 22.6. The van der Waals surface area contributed by atoms with Gasteiger partial charge in [-0.15, -0.1) is 0 Å². The van der Waals surface area contributed by atoms with Crippen LogP contribution in [0.25, 0.3) is 0 Å². The summed E-state index contributed by atoms with van der Waals surface area (Å²) in [6.07, 6.45) is 5.78. The number of amides is 1. The number of carbonyl (C=O) groups excluding carboxylic acids is 2. The Hall–Kier alpha value is -5.49. The molecule has 2 atom stereocenters. The van der Waals surface area contributed by atoms with Crippen molar-refractivity contribution in [3.8, 4) is 11.5 Å². The number of benzene rings is 2. The summed E-state index contributed by atoms with van der Waals surface area (Å²) in [7, 11) is 9.55. The van der Waals surface area contributed by atoms with Crippen LogP contribution >= 0.6 is 0 Å². The number of carbonyl (C=O) groups is 2. The zero-order valence-electron chi connectivity index (χ0n) is 27.5. The summed E-state index contributed by atoms with van der Waals surface area (Å²) in [5.74, 6) is -0.124. The molecule has 2 unspecified atom stereocenters. The van der Waals surface area contributed by atoms with Gasteiger partial charge in [-0.1, -0.05) is 24.8 Å². The maximum absolute atomic E-state index is 13.6. The van der Waals surface area contributed by atoms with E-state index in [2.05, 4.69) is 56.0 Å². The maximum atomic E-state index is 13.6. The van der Waals surface area contributed by atoms with Crippen LogP contribution in [0.2, 0.25) is 0 Å². The monoisotopic (exact) mass is 636 g/mol. The van der Waals surface area contributed by atoms with E-state index in [9.17, 15) is 9.59 Å². The van der Waals surface area contributed by atoms with Crippen LogP contribution in [0.5, 0.6) is 11.5 Å². The first kappa shape index (κ1) is 32.9. The largest absolute Gasteiger partial charge is 0.494 e. The second kappa shape index (κ2) is 14.3. The molecule has 2 aromatic carbocycles. The summed E-state index contributed by atoms with van der Waals surface area (Å²) in [6, 6.07) is 15.0. The lowest BCUT2D eigenvalue weighted by Crippen LogP contribution is -2.29. The smallest absolute Gasteiger partial charge is 0.347 e. The number of para-hydroxylation sites is 1. The number of ether oxygens (including phenoxy) is 2. The SMILES string of the molecule is C=CC(=O)Nc1cc(Nc2ncc(C(=O)Oc3cccnc3)c(C3c4ccccc4N(C)C3C)n2)c(OC)cc1N(C)CCN(C)C.